The summed E-state index contributed by atoms with van der Waals surface area (Å²) in [7, 11) is 1.39. The largest absolute Gasteiger partial charge is 0.495 e. The van der Waals surface area contributed by atoms with E-state index in [1.165, 1.54) is 31.5 Å². The van der Waals surface area contributed by atoms with Gasteiger partial charge in [-0.3, -0.25) is 0 Å². The first-order valence-electron chi connectivity index (χ1n) is 10.1. The summed E-state index contributed by atoms with van der Waals surface area (Å²) < 4.78 is 62.9. The number of hydrogen-bond donors (Lipinski definition) is 2. The molecule has 5 nitrogen and oxygen atoms in total. The zero-order valence-corrected chi connectivity index (χ0v) is 19.1. The van der Waals surface area contributed by atoms with E-state index < -0.39 is 35.5 Å². The Morgan fingerprint density at radius 2 is 1.91 bits per heavy atom. The number of nitrogens with one attached hydrogen (secondary N) is 1. The molecule has 3 aromatic rings. The van der Waals surface area contributed by atoms with Gasteiger partial charge >= 0.3 is 6.18 Å². The number of ether oxygens (including phenoxy) is 1. The number of fused-ring (bicyclic) bond motifs is 2. The lowest BCUT2D eigenvalue weighted by atomic mass is 9.63. The SMILES string of the molecule is COc1c(Cl)ccc2c1C(C)(C)CC(O)(C(F)(F)F)C2Nc1ccc(F)c2nc(C)ncc12. The van der Waals surface area contributed by atoms with Gasteiger partial charge in [-0.25, -0.2) is 14.4 Å². The molecule has 1 aliphatic rings. The molecule has 2 unspecified atom stereocenters. The normalized spacial score (nSPS) is 22.2. The van der Waals surface area contributed by atoms with E-state index in [4.69, 9.17) is 16.3 Å². The number of halogens is 5. The molecule has 176 valence electrons. The average Bonchev–Trinajstić information content (AvgIpc) is 2.71. The van der Waals surface area contributed by atoms with Gasteiger partial charge in [0.15, 0.2) is 5.60 Å². The van der Waals surface area contributed by atoms with Crippen molar-refractivity contribution in [2.24, 2.45) is 0 Å². The number of aromatic nitrogens is 2. The Hall–Kier alpha value is -2.65. The van der Waals surface area contributed by atoms with Gasteiger partial charge in [0.1, 0.15) is 22.9 Å². The van der Waals surface area contributed by atoms with Crippen molar-refractivity contribution in [2.75, 3.05) is 12.4 Å². The van der Waals surface area contributed by atoms with Crippen LogP contribution in [0.4, 0.5) is 23.2 Å². The molecule has 0 saturated heterocycles. The number of anilines is 1. The average molecular weight is 484 g/mol. The molecule has 4 rings (SSSR count). The summed E-state index contributed by atoms with van der Waals surface area (Å²) in [6.07, 6.45) is -4.29. The Labute approximate surface area is 192 Å². The minimum absolute atomic E-state index is 0.0342. The molecular weight excluding hydrogens is 462 g/mol. The highest BCUT2D eigenvalue weighted by atomic mass is 35.5. The quantitative estimate of drug-likeness (QED) is 0.456. The molecule has 0 aliphatic heterocycles. The Bertz CT molecular complexity index is 1250. The number of aliphatic hydroxyl groups is 1. The van der Waals surface area contributed by atoms with Crippen LogP contribution in [0.1, 0.15) is 43.3 Å². The van der Waals surface area contributed by atoms with Gasteiger partial charge < -0.3 is 15.2 Å². The molecule has 0 radical (unpaired) electrons. The molecule has 33 heavy (non-hydrogen) atoms. The first-order valence-corrected chi connectivity index (χ1v) is 10.5. The lowest BCUT2D eigenvalue weighted by Crippen LogP contribution is -2.58. The van der Waals surface area contributed by atoms with Crippen molar-refractivity contribution in [1.29, 1.82) is 0 Å². The highest BCUT2D eigenvalue weighted by Gasteiger charge is 2.64. The topological polar surface area (TPSA) is 67.3 Å². The van der Waals surface area contributed by atoms with Crippen LogP contribution in [-0.2, 0) is 5.41 Å². The van der Waals surface area contributed by atoms with Crippen molar-refractivity contribution in [1.82, 2.24) is 9.97 Å². The second-order valence-corrected chi connectivity index (χ2v) is 9.29. The number of hydrogen-bond acceptors (Lipinski definition) is 5. The van der Waals surface area contributed by atoms with Crippen molar-refractivity contribution in [3.8, 4) is 5.75 Å². The fraction of sp³-hybridized carbons (Fsp3) is 0.391. The van der Waals surface area contributed by atoms with Crippen molar-refractivity contribution < 1.29 is 27.4 Å². The number of methoxy groups -OCH3 is 1. The number of alkyl halides is 3. The molecule has 1 heterocycles. The van der Waals surface area contributed by atoms with E-state index in [9.17, 15) is 22.7 Å². The molecule has 0 fully saturated rings. The van der Waals surface area contributed by atoms with E-state index >= 15 is 0 Å². The van der Waals surface area contributed by atoms with Crippen molar-refractivity contribution >= 4 is 28.2 Å². The highest BCUT2D eigenvalue weighted by Crippen LogP contribution is 2.57. The second kappa shape index (κ2) is 7.70. The summed E-state index contributed by atoms with van der Waals surface area (Å²) >= 11 is 6.28. The Morgan fingerprint density at radius 1 is 1.21 bits per heavy atom. The number of rotatable bonds is 3. The van der Waals surface area contributed by atoms with Gasteiger partial charge in [-0.1, -0.05) is 31.5 Å². The zero-order chi connectivity index (χ0) is 24.3. The number of aryl methyl sites for hydroxylation is 1. The second-order valence-electron chi connectivity index (χ2n) is 8.88. The highest BCUT2D eigenvalue weighted by molar-refractivity contribution is 6.32. The smallest absolute Gasteiger partial charge is 0.419 e. The van der Waals surface area contributed by atoms with Crippen molar-refractivity contribution in [3.63, 3.8) is 0 Å². The fourth-order valence-corrected chi connectivity index (χ4v) is 4.98. The monoisotopic (exact) mass is 483 g/mol. The van der Waals surface area contributed by atoms with Gasteiger partial charge in [0.25, 0.3) is 0 Å². The van der Waals surface area contributed by atoms with Gasteiger partial charge in [0.05, 0.1) is 18.2 Å². The molecule has 1 aromatic heterocycles. The molecule has 0 bridgehead atoms. The molecule has 10 heteroatoms. The minimum Gasteiger partial charge on any atom is -0.495 e. The van der Waals surface area contributed by atoms with E-state index in [-0.39, 0.29) is 32.9 Å². The summed E-state index contributed by atoms with van der Waals surface area (Å²) in [6, 6.07) is 3.66. The van der Waals surface area contributed by atoms with Crippen LogP contribution < -0.4 is 10.1 Å². The van der Waals surface area contributed by atoms with Crippen LogP contribution in [0.2, 0.25) is 5.02 Å². The van der Waals surface area contributed by atoms with Crippen LogP contribution in [0.5, 0.6) is 5.75 Å². The van der Waals surface area contributed by atoms with Crippen LogP contribution in [0.15, 0.2) is 30.5 Å². The summed E-state index contributed by atoms with van der Waals surface area (Å²) in [5.74, 6) is -0.0710. The summed E-state index contributed by atoms with van der Waals surface area (Å²) in [5.41, 5.74) is -3.51. The van der Waals surface area contributed by atoms with Crippen LogP contribution in [0.25, 0.3) is 10.9 Å². The van der Waals surface area contributed by atoms with Crippen LogP contribution in [0.3, 0.4) is 0 Å². The lowest BCUT2D eigenvalue weighted by molar-refractivity contribution is -0.275. The molecule has 2 atom stereocenters. The molecular formula is C23H22ClF4N3O2. The van der Waals surface area contributed by atoms with Crippen molar-refractivity contribution in [3.05, 3.63) is 58.3 Å². The fourth-order valence-electron chi connectivity index (χ4n) is 4.75. The molecule has 0 spiro atoms. The van der Waals surface area contributed by atoms with E-state index in [2.05, 4.69) is 15.3 Å². The third-order valence-corrected chi connectivity index (χ3v) is 6.43. The van der Waals surface area contributed by atoms with Gasteiger partial charge in [0, 0.05) is 22.8 Å². The maximum absolute atomic E-state index is 14.4. The minimum atomic E-state index is -4.98. The van der Waals surface area contributed by atoms with Gasteiger partial charge in [-0.2, -0.15) is 13.2 Å². The van der Waals surface area contributed by atoms with Gasteiger partial charge in [-0.05, 0) is 42.5 Å². The van der Waals surface area contributed by atoms with E-state index in [1.807, 2.05) is 0 Å². The molecule has 1 aliphatic carbocycles. The maximum atomic E-state index is 14.4. The number of benzene rings is 2. The zero-order valence-electron chi connectivity index (χ0n) is 18.3. The molecule has 0 amide bonds. The van der Waals surface area contributed by atoms with E-state index in [0.717, 1.165) is 6.07 Å². The van der Waals surface area contributed by atoms with E-state index in [0.29, 0.717) is 11.4 Å². The summed E-state index contributed by atoms with van der Waals surface area (Å²) in [5, 5.41) is 14.4. The first-order chi connectivity index (χ1) is 15.3. The van der Waals surface area contributed by atoms with Crippen LogP contribution in [-0.4, -0.2) is 34.0 Å². The summed E-state index contributed by atoms with van der Waals surface area (Å²) in [6.45, 7) is 4.78. The standard InChI is InChI=1S/C23H22ClF4N3O2/c1-11-29-9-13-16(8-7-15(25)18(13)30-11)31-20-12-5-6-14(24)19(33-4)17(12)21(2,3)10-22(20,32)23(26,27)28/h5-9,20,31-32H,10H2,1-4H3. The first kappa shape index (κ1) is 23.5. The van der Waals surface area contributed by atoms with Gasteiger partial charge in [0.2, 0.25) is 0 Å². The maximum Gasteiger partial charge on any atom is 0.419 e. The van der Waals surface area contributed by atoms with Crippen LogP contribution in [0, 0.1) is 12.7 Å². The lowest BCUT2D eigenvalue weighted by Gasteiger charge is -2.49. The van der Waals surface area contributed by atoms with Crippen LogP contribution >= 0.6 is 11.6 Å². The predicted molar refractivity (Wildman–Crippen MR) is 117 cm³/mol. The molecule has 2 aromatic carbocycles. The molecule has 2 N–H and O–H groups in total. The van der Waals surface area contributed by atoms with E-state index in [1.54, 1.807) is 20.8 Å². The summed E-state index contributed by atoms with van der Waals surface area (Å²) in [4.78, 5) is 8.13. The predicted octanol–water partition coefficient (Wildman–Crippen LogP) is 5.87. The Morgan fingerprint density at radius 3 is 2.55 bits per heavy atom. The third kappa shape index (κ3) is 3.67. The molecule has 0 saturated carbocycles. The third-order valence-electron chi connectivity index (χ3n) is 6.14. The number of nitrogens with zero attached hydrogens (tertiary/aromatic N) is 2. The Kier molecular flexibility index (Phi) is 5.48. The van der Waals surface area contributed by atoms with Gasteiger partial charge in [-0.15, -0.1) is 0 Å². The van der Waals surface area contributed by atoms with Crippen molar-refractivity contribution in [2.45, 2.75) is 50.4 Å². The Balaban J connectivity index is 1.98.